The minimum Gasteiger partial charge on any atom is -0.505 e. The van der Waals surface area contributed by atoms with Gasteiger partial charge in [-0.15, -0.1) is 31.4 Å². The van der Waals surface area contributed by atoms with Gasteiger partial charge in [0, 0.05) is 37.8 Å². The molecule has 1 heterocycles. The quantitative estimate of drug-likeness (QED) is 0.579. The first-order valence-corrected chi connectivity index (χ1v) is 7.39. The van der Waals surface area contributed by atoms with Gasteiger partial charge < -0.3 is 10.4 Å². The fourth-order valence-corrected chi connectivity index (χ4v) is 2.90. The Morgan fingerprint density at radius 3 is 2.32 bits per heavy atom. The van der Waals surface area contributed by atoms with Crippen LogP contribution in [0, 0.1) is 5.82 Å². The zero-order chi connectivity index (χ0) is 17.2. The topological polar surface area (TPSA) is 35.5 Å². The maximum Gasteiger partial charge on any atom is 0.416 e. The van der Waals surface area contributed by atoms with E-state index in [0.717, 1.165) is 0 Å². The van der Waals surface area contributed by atoms with Crippen molar-refractivity contribution < 1.29 is 22.7 Å². The standard InChI is InChI=1S/C16H20F4N2O.2ClH/c1-10(2)9-13(22-7-5-21-6-8-22)14-11(16(18,19)20)3-4-12(17)15(14)23;;/h3-4,13,21,23H,1,5-9H2,2H3;2*1H/t13-;;/m1../s1. The molecule has 0 spiro atoms. The van der Waals surface area contributed by atoms with E-state index in [2.05, 4.69) is 11.9 Å². The van der Waals surface area contributed by atoms with Crippen LogP contribution in [0.2, 0.25) is 0 Å². The van der Waals surface area contributed by atoms with Crippen molar-refractivity contribution in [2.45, 2.75) is 25.6 Å². The number of nitrogens with zero attached hydrogens (tertiary/aromatic N) is 1. The molecule has 0 saturated carbocycles. The van der Waals surface area contributed by atoms with Gasteiger partial charge in [-0.25, -0.2) is 4.39 Å². The molecule has 0 amide bonds. The normalized spacial score (nSPS) is 16.5. The summed E-state index contributed by atoms with van der Waals surface area (Å²) in [6.45, 7) is 7.76. The van der Waals surface area contributed by atoms with Crippen molar-refractivity contribution in [2.24, 2.45) is 0 Å². The number of piperazine rings is 1. The lowest BCUT2D eigenvalue weighted by Crippen LogP contribution is -2.45. The van der Waals surface area contributed by atoms with Crippen molar-refractivity contribution in [1.29, 1.82) is 0 Å². The van der Waals surface area contributed by atoms with E-state index in [1.807, 2.05) is 4.90 Å². The highest BCUT2D eigenvalue weighted by Crippen LogP contribution is 2.43. The van der Waals surface area contributed by atoms with Crippen LogP contribution in [0.15, 0.2) is 24.3 Å². The van der Waals surface area contributed by atoms with E-state index in [0.29, 0.717) is 43.9 Å². The Bertz CT molecular complexity index is 590. The van der Waals surface area contributed by atoms with E-state index in [1.165, 1.54) is 0 Å². The Hall–Kier alpha value is -1.02. The predicted octanol–water partition coefficient (Wildman–Crippen LogP) is 4.31. The summed E-state index contributed by atoms with van der Waals surface area (Å²) >= 11 is 0. The lowest BCUT2D eigenvalue weighted by atomic mass is 9.92. The van der Waals surface area contributed by atoms with E-state index in [-0.39, 0.29) is 31.2 Å². The summed E-state index contributed by atoms with van der Waals surface area (Å²) in [6.07, 6.45) is -4.44. The van der Waals surface area contributed by atoms with Crippen molar-refractivity contribution in [3.8, 4) is 5.75 Å². The Morgan fingerprint density at radius 1 is 1.28 bits per heavy atom. The van der Waals surface area contributed by atoms with Crippen molar-refractivity contribution in [3.05, 3.63) is 41.2 Å². The summed E-state index contributed by atoms with van der Waals surface area (Å²) in [6, 6.07) is 0.580. The summed E-state index contributed by atoms with van der Waals surface area (Å²) in [4.78, 5) is 1.83. The first kappa shape index (κ1) is 24.0. The molecule has 2 rings (SSSR count). The van der Waals surface area contributed by atoms with Crippen LogP contribution in [0.5, 0.6) is 5.75 Å². The first-order valence-electron chi connectivity index (χ1n) is 7.39. The molecule has 0 unspecified atom stereocenters. The molecule has 1 atom stereocenters. The van der Waals surface area contributed by atoms with Crippen LogP contribution in [0.25, 0.3) is 0 Å². The van der Waals surface area contributed by atoms with Gasteiger partial charge in [-0.2, -0.15) is 13.2 Å². The van der Waals surface area contributed by atoms with Gasteiger partial charge in [0.1, 0.15) is 0 Å². The predicted molar refractivity (Wildman–Crippen MR) is 94.2 cm³/mol. The summed E-state index contributed by atoms with van der Waals surface area (Å²) in [5.74, 6) is -1.97. The fraction of sp³-hybridized carbons (Fsp3) is 0.500. The molecular weight excluding hydrogens is 383 g/mol. The van der Waals surface area contributed by atoms with Gasteiger partial charge in [0.05, 0.1) is 5.56 Å². The zero-order valence-electron chi connectivity index (χ0n) is 13.7. The third-order valence-corrected chi connectivity index (χ3v) is 3.94. The van der Waals surface area contributed by atoms with Crippen molar-refractivity contribution in [2.75, 3.05) is 26.2 Å². The van der Waals surface area contributed by atoms with E-state index in [9.17, 15) is 22.7 Å². The number of phenols is 1. The van der Waals surface area contributed by atoms with E-state index in [1.54, 1.807) is 6.92 Å². The molecule has 1 aliphatic rings. The number of benzene rings is 1. The van der Waals surface area contributed by atoms with E-state index >= 15 is 0 Å². The fourth-order valence-electron chi connectivity index (χ4n) is 2.90. The van der Waals surface area contributed by atoms with Gasteiger partial charge in [0.15, 0.2) is 11.6 Å². The van der Waals surface area contributed by atoms with Crippen LogP contribution in [-0.4, -0.2) is 36.2 Å². The highest BCUT2D eigenvalue weighted by atomic mass is 35.5. The van der Waals surface area contributed by atoms with Gasteiger partial charge >= 0.3 is 6.18 Å². The van der Waals surface area contributed by atoms with Crippen LogP contribution >= 0.6 is 24.8 Å². The minimum atomic E-state index is -4.66. The third kappa shape index (κ3) is 5.74. The number of alkyl halides is 3. The molecule has 1 fully saturated rings. The van der Waals surface area contributed by atoms with Crippen LogP contribution < -0.4 is 5.32 Å². The van der Waals surface area contributed by atoms with Gasteiger partial charge in [0.25, 0.3) is 0 Å². The number of aromatic hydroxyl groups is 1. The Morgan fingerprint density at radius 2 is 1.84 bits per heavy atom. The van der Waals surface area contributed by atoms with E-state index < -0.39 is 34.9 Å². The summed E-state index contributed by atoms with van der Waals surface area (Å²) in [5.41, 5.74) is -0.728. The number of halogens is 6. The van der Waals surface area contributed by atoms with Crippen molar-refractivity contribution >= 4 is 24.8 Å². The number of hydrogen-bond donors (Lipinski definition) is 2. The van der Waals surface area contributed by atoms with Crippen molar-refractivity contribution in [1.82, 2.24) is 10.2 Å². The second kappa shape index (κ2) is 9.62. The highest BCUT2D eigenvalue weighted by Gasteiger charge is 2.39. The maximum absolute atomic E-state index is 13.7. The van der Waals surface area contributed by atoms with Gasteiger partial charge in [-0.3, -0.25) is 4.90 Å². The molecule has 0 aromatic heterocycles. The second-order valence-corrected chi connectivity index (χ2v) is 5.82. The Labute approximate surface area is 156 Å². The summed E-state index contributed by atoms with van der Waals surface area (Å²) in [5, 5.41) is 13.1. The average molecular weight is 405 g/mol. The SMILES string of the molecule is C=C(C)C[C@H](c1c(C(F)(F)F)ccc(F)c1O)N1CCNCC1.Cl.Cl. The van der Waals surface area contributed by atoms with Gasteiger partial charge in [0.2, 0.25) is 0 Å². The van der Waals surface area contributed by atoms with E-state index in [4.69, 9.17) is 0 Å². The highest BCUT2D eigenvalue weighted by molar-refractivity contribution is 5.85. The largest absolute Gasteiger partial charge is 0.505 e. The number of hydrogen-bond acceptors (Lipinski definition) is 3. The van der Waals surface area contributed by atoms with Crippen molar-refractivity contribution in [3.63, 3.8) is 0 Å². The lowest BCUT2D eigenvalue weighted by molar-refractivity contribution is -0.139. The number of nitrogens with one attached hydrogen (secondary N) is 1. The first-order chi connectivity index (χ1) is 10.7. The molecule has 1 saturated heterocycles. The molecule has 0 aliphatic carbocycles. The zero-order valence-corrected chi connectivity index (χ0v) is 15.3. The third-order valence-electron chi connectivity index (χ3n) is 3.94. The van der Waals surface area contributed by atoms with Crippen LogP contribution in [0.3, 0.4) is 0 Å². The molecule has 2 N–H and O–H groups in total. The monoisotopic (exact) mass is 404 g/mol. The summed E-state index contributed by atoms with van der Waals surface area (Å²) < 4.78 is 53.8. The molecule has 144 valence electrons. The van der Waals surface area contributed by atoms with Gasteiger partial charge in [-0.1, -0.05) is 5.57 Å². The average Bonchev–Trinajstić information content (AvgIpc) is 2.47. The maximum atomic E-state index is 13.7. The lowest BCUT2D eigenvalue weighted by Gasteiger charge is -2.36. The molecule has 3 nitrogen and oxygen atoms in total. The molecule has 1 aromatic carbocycles. The molecule has 0 radical (unpaired) electrons. The smallest absolute Gasteiger partial charge is 0.416 e. The Balaban J connectivity index is 0.00000288. The molecule has 9 heteroatoms. The molecule has 0 bridgehead atoms. The molecule has 25 heavy (non-hydrogen) atoms. The minimum absolute atomic E-state index is 0. The number of phenolic OH excluding ortho intramolecular Hbond substituents is 1. The number of rotatable bonds is 4. The Kier molecular flexibility index (Phi) is 9.22. The van der Waals surface area contributed by atoms with Crippen LogP contribution in [0.4, 0.5) is 17.6 Å². The molecular formula is C16H22Cl2F4N2O. The molecule has 1 aliphatic heterocycles. The summed E-state index contributed by atoms with van der Waals surface area (Å²) in [7, 11) is 0. The van der Waals surface area contributed by atoms with Crippen LogP contribution in [0.1, 0.15) is 30.5 Å². The van der Waals surface area contributed by atoms with Crippen LogP contribution in [-0.2, 0) is 6.18 Å². The van der Waals surface area contributed by atoms with Gasteiger partial charge in [-0.05, 0) is 25.5 Å². The second-order valence-electron chi connectivity index (χ2n) is 5.82. The molecule has 1 aromatic rings.